The zero-order valence-corrected chi connectivity index (χ0v) is 25.8. The number of halogens is 2. The van der Waals surface area contributed by atoms with E-state index in [1.165, 1.54) is 12.0 Å². The average Bonchev–Trinajstić information content (AvgIpc) is 2.94. The van der Waals surface area contributed by atoms with Gasteiger partial charge in [-0.05, 0) is 43.2 Å². The molecule has 0 heterocycles. The molecule has 11 heteroatoms. The summed E-state index contributed by atoms with van der Waals surface area (Å²) in [5.41, 5.74) is 1.47. The molecule has 1 N–H and O–H groups in total. The van der Waals surface area contributed by atoms with E-state index >= 15 is 0 Å². The lowest BCUT2D eigenvalue weighted by atomic mass is 10.0. The normalized spacial score (nSPS) is 12.7. The van der Waals surface area contributed by atoms with Crippen LogP contribution in [0.4, 0.5) is 5.69 Å². The monoisotopic (exact) mass is 619 g/mol. The molecule has 2 amide bonds. The van der Waals surface area contributed by atoms with E-state index in [-0.39, 0.29) is 36.4 Å². The Balaban J connectivity index is 2.13. The van der Waals surface area contributed by atoms with Crippen molar-refractivity contribution in [2.24, 2.45) is 0 Å². The van der Waals surface area contributed by atoms with Gasteiger partial charge in [0, 0.05) is 34.6 Å². The third kappa shape index (κ3) is 8.61. The maximum Gasteiger partial charge on any atom is 0.244 e. The number of ether oxygens (including phenoxy) is 1. The Hall–Kier alpha value is -3.27. The quantitative estimate of drug-likeness (QED) is 0.279. The van der Waals surface area contributed by atoms with Crippen LogP contribution >= 0.6 is 23.2 Å². The molecule has 3 rings (SSSR count). The van der Waals surface area contributed by atoms with Crippen molar-refractivity contribution in [1.29, 1.82) is 0 Å². The highest BCUT2D eigenvalue weighted by molar-refractivity contribution is 7.92. The molecule has 0 unspecified atom stereocenters. The molecule has 0 bridgehead atoms. The van der Waals surface area contributed by atoms with E-state index in [1.54, 1.807) is 42.5 Å². The minimum atomic E-state index is -3.94. The number of carbonyl (C=O) groups excluding carboxylic acids is 2. The van der Waals surface area contributed by atoms with Crippen molar-refractivity contribution in [2.75, 3.05) is 24.2 Å². The fourth-order valence-corrected chi connectivity index (χ4v) is 5.65. The topological polar surface area (TPSA) is 96.0 Å². The molecule has 0 aromatic heterocycles. The molecule has 0 aliphatic heterocycles. The van der Waals surface area contributed by atoms with Crippen LogP contribution in [0.3, 0.4) is 0 Å². The number of para-hydroxylation sites is 2. The van der Waals surface area contributed by atoms with Gasteiger partial charge in [0.2, 0.25) is 21.8 Å². The van der Waals surface area contributed by atoms with Gasteiger partial charge in [0.15, 0.2) is 0 Å². The van der Waals surface area contributed by atoms with Crippen LogP contribution < -0.4 is 14.4 Å². The zero-order chi connectivity index (χ0) is 30.2. The van der Waals surface area contributed by atoms with Gasteiger partial charge in [0.1, 0.15) is 18.3 Å². The van der Waals surface area contributed by atoms with E-state index < -0.39 is 28.5 Å². The summed E-state index contributed by atoms with van der Waals surface area (Å²) >= 11 is 13.0. The maximum absolute atomic E-state index is 14.2. The van der Waals surface area contributed by atoms with Gasteiger partial charge in [-0.25, -0.2) is 8.42 Å². The number of sulfonamides is 1. The second kappa shape index (κ2) is 14.6. The van der Waals surface area contributed by atoms with Gasteiger partial charge in [-0.15, -0.1) is 0 Å². The minimum Gasteiger partial charge on any atom is -0.495 e. The number of anilines is 1. The van der Waals surface area contributed by atoms with E-state index in [0.29, 0.717) is 22.0 Å². The van der Waals surface area contributed by atoms with Crippen LogP contribution in [0.1, 0.15) is 31.4 Å². The number of nitrogens with zero attached hydrogens (tertiary/aromatic N) is 2. The number of nitrogens with one attached hydrogen (secondary N) is 1. The van der Waals surface area contributed by atoms with Crippen molar-refractivity contribution in [3.8, 4) is 5.75 Å². The number of rotatable bonds is 13. The predicted octanol–water partition coefficient (Wildman–Crippen LogP) is 5.32. The first-order chi connectivity index (χ1) is 19.5. The first kappa shape index (κ1) is 32.2. The summed E-state index contributed by atoms with van der Waals surface area (Å²) in [6.07, 6.45) is 1.88. The Bertz CT molecular complexity index is 1430. The molecule has 0 saturated heterocycles. The molecule has 0 saturated carbocycles. The summed E-state index contributed by atoms with van der Waals surface area (Å²) in [5.74, 6) is -0.706. The Kier molecular flexibility index (Phi) is 11.5. The third-order valence-electron chi connectivity index (χ3n) is 6.70. The van der Waals surface area contributed by atoms with Crippen LogP contribution in [0.25, 0.3) is 0 Å². The van der Waals surface area contributed by atoms with E-state index in [0.717, 1.165) is 16.1 Å². The number of hydrogen-bond acceptors (Lipinski definition) is 5. The Morgan fingerprint density at radius 1 is 0.951 bits per heavy atom. The summed E-state index contributed by atoms with van der Waals surface area (Å²) in [6, 6.07) is 19.6. The van der Waals surface area contributed by atoms with E-state index in [4.69, 9.17) is 27.9 Å². The fraction of sp³-hybridized carbons (Fsp3) is 0.333. The molecule has 0 aliphatic rings. The van der Waals surface area contributed by atoms with E-state index in [1.807, 2.05) is 44.2 Å². The summed E-state index contributed by atoms with van der Waals surface area (Å²) in [4.78, 5) is 29.3. The van der Waals surface area contributed by atoms with Crippen molar-refractivity contribution in [1.82, 2.24) is 10.2 Å². The van der Waals surface area contributed by atoms with Crippen molar-refractivity contribution in [2.45, 2.75) is 45.3 Å². The summed E-state index contributed by atoms with van der Waals surface area (Å²) < 4.78 is 32.3. The number of methoxy groups -OCH3 is 1. The molecule has 0 radical (unpaired) electrons. The Labute approximate surface area is 252 Å². The number of amides is 2. The molecule has 220 valence electrons. The molecular formula is C30H35Cl2N3O5S. The second-order valence-electron chi connectivity index (χ2n) is 9.69. The zero-order valence-electron chi connectivity index (χ0n) is 23.5. The van der Waals surface area contributed by atoms with Crippen LogP contribution in [0.2, 0.25) is 10.0 Å². The van der Waals surface area contributed by atoms with Gasteiger partial charge in [-0.2, -0.15) is 0 Å². The molecule has 0 aliphatic carbocycles. The van der Waals surface area contributed by atoms with Gasteiger partial charge in [0.05, 0.1) is 19.1 Å². The summed E-state index contributed by atoms with van der Waals surface area (Å²) in [7, 11) is -2.52. The second-order valence-corrected chi connectivity index (χ2v) is 12.4. The van der Waals surface area contributed by atoms with Gasteiger partial charge >= 0.3 is 0 Å². The van der Waals surface area contributed by atoms with E-state index in [2.05, 4.69) is 5.32 Å². The van der Waals surface area contributed by atoms with Crippen LogP contribution in [-0.4, -0.2) is 57.1 Å². The first-order valence-electron chi connectivity index (χ1n) is 13.1. The number of carbonyl (C=O) groups is 2. The van der Waals surface area contributed by atoms with Crippen molar-refractivity contribution in [3.05, 3.63) is 94.0 Å². The first-order valence-corrected chi connectivity index (χ1v) is 15.7. The molecule has 0 spiro atoms. The lowest BCUT2D eigenvalue weighted by Crippen LogP contribution is -2.54. The number of benzene rings is 3. The molecule has 41 heavy (non-hydrogen) atoms. The largest absolute Gasteiger partial charge is 0.495 e. The van der Waals surface area contributed by atoms with Crippen LogP contribution in [0.5, 0.6) is 5.75 Å². The lowest BCUT2D eigenvalue weighted by molar-refractivity contribution is -0.140. The Morgan fingerprint density at radius 3 is 2.15 bits per heavy atom. The molecule has 3 aromatic carbocycles. The van der Waals surface area contributed by atoms with Gasteiger partial charge in [0.25, 0.3) is 0 Å². The summed E-state index contributed by atoms with van der Waals surface area (Å²) in [5, 5.41) is 3.62. The minimum absolute atomic E-state index is 0.119. The van der Waals surface area contributed by atoms with Crippen LogP contribution in [-0.2, 0) is 32.6 Å². The molecular weight excluding hydrogens is 585 g/mol. The van der Waals surface area contributed by atoms with Crippen molar-refractivity contribution >= 4 is 50.7 Å². The van der Waals surface area contributed by atoms with Gasteiger partial charge < -0.3 is 15.0 Å². The predicted molar refractivity (Wildman–Crippen MR) is 164 cm³/mol. The van der Waals surface area contributed by atoms with Gasteiger partial charge in [-0.1, -0.05) is 78.7 Å². The van der Waals surface area contributed by atoms with Crippen LogP contribution in [0.15, 0.2) is 72.8 Å². The van der Waals surface area contributed by atoms with E-state index in [9.17, 15) is 18.0 Å². The van der Waals surface area contributed by atoms with Crippen LogP contribution in [0, 0.1) is 0 Å². The smallest absolute Gasteiger partial charge is 0.244 e. The molecule has 3 aromatic rings. The van der Waals surface area contributed by atoms with Crippen molar-refractivity contribution in [3.63, 3.8) is 0 Å². The highest BCUT2D eigenvalue weighted by Crippen LogP contribution is 2.31. The average molecular weight is 621 g/mol. The standard InChI is InChI=1S/C30H35Cl2N3O5S/c1-5-21(2)33-30(37)27(18-22-12-7-6-8-13-22)34(19-23-24(31)14-11-15-25(23)32)29(36)20-35(41(4,38)39)26-16-9-10-17-28(26)40-3/h6-17,21,27H,5,18-20H2,1-4H3,(H,33,37)/t21-,27+/m0/s1. The maximum atomic E-state index is 14.2. The highest BCUT2D eigenvalue weighted by Gasteiger charge is 2.34. The fourth-order valence-electron chi connectivity index (χ4n) is 4.28. The molecule has 2 atom stereocenters. The molecule has 0 fully saturated rings. The lowest BCUT2D eigenvalue weighted by Gasteiger charge is -2.34. The SMILES string of the molecule is CC[C@H](C)NC(=O)[C@@H](Cc1ccccc1)N(Cc1c(Cl)cccc1Cl)C(=O)CN(c1ccccc1OC)S(C)(=O)=O. The highest BCUT2D eigenvalue weighted by atomic mass is 35.5. The molecule has 8 nitrogen and oxygen atoms in total. The van der Waals surface area contributed by atoms with Crippen molar-refractivity contribution < 1.29 is 22.7 Å². The summed E-state index contributed by atoms with van der Waals surface area (Å²) in [6.45, 7) is 3.12. The Morgan fingerprint density at radius 2 is 1.56 bits per heavy atom. The van der Waals surface area contributed by atoms with Gasteiger partial charge in [-0.3, -0.25) is 13.9 Å². The number of hydrogen-bond donors (Lipinski definition) is 1. The third-order valence-corrected chi connectivity index (χ3v) is 8.53.